The van der Waals surface area contributed by atoms with Crippen molar-refractivity contribution in [2.24, 2.45) is 5.73 Å². The van der Waals surface area contributed by atoms with Crippen molar-refractivity contribution in [1.29, 1.82) is 0 Å². The second kappa shape index (κ2) is 8.18. The first-order chi connectivity index (χ1) is 8.47. The minimum absolute atomic E-state index is 0. The van der Waals surface area contributed by atoms with E-state index in [1.54, 1.807) is 0 Å². The molecule has 0 bridgehead atoms. The summed E-state index contributed by atoms with van der Waals surface area (Å²) >= 11 is 0. The molecule has 0 heterocycles. The van der Waals surface area contributed by atoms with Gasteiger partial charge in [0, 0.05) is 18.7 Å². The fourth-order valence-corrected chi connectivity index (χ4v) is 2.03. The summed E-state index contributed by atoms with van der Waals surface area (Å²) in [6.07, 6.45) is 0.365. The van der Waals surface area contributed by atoms with Crippen molar-refractivity contribution in [2.75, 3.05) is 11.9 Å². The number of carbonyl (C=O) groups is 1. The van der Waals surface area contributed by atoms with E-state index in [9.17, 15) is 4.79 Å². The van der Waals surface area contributed by atoms with Gasteiger partial charge in [-0.1, -0.05) is 45.9 Å². The van der Waals surface area contributed by atoms with Crippen LogP contribution in [0.25, 0.3) is 0 Å². The minimum atomic E-state index is -0.00694. The molecule has 0 radical (unpaired) electrons. The molecule has 0 aromatic heterocycles. The third kappa shape index (κ3) is 4.84. The molecule has 0 saturated heterocycles. The van der Waals surface area contributed by atoms with Crippen molar-refractivity contribution in [3.63, 3.8) is 0 Å². The summed E-state index contributed by atoms with van der Waals surface area (Å²) in [6.45, 7) is 8.93. The van der Waals surface area contributed by atoms with Crippen LogP contribution in [0.4, 0.5) is 5.69 Å². The molecule has 0 fully saturated rings. The highest BCUT2D eigenvalue weighted by atomic mass is 35.5. The van der Waals surface area contributed by atoms with E-state index in [2.05, 4.69) is 51.2 Å². The van der Waals surface area contributed by atoms with Gasteiger partial charge in [0.1, 0.15) is 0 Å². The lowest BCUT2D eigenvalue weighted by molar-refractivity contribution is -0.116. The largest absolute Gasteiger partial charge is 0.330 e. The van der Waals surface area contributed by atoms with Crippen LogP contribution in [0.2, 0.25) is 0 Å². The van der Waals surface area contributed by atoms with Gasteiger partial charge in [0.2, 0.25) is 5.91 Å². The summed E-state index contributed by atoms with van der Waals surface area (Å²) in [5, 5.41) is 3.02. The zero-order chi connectivity index (χ0) is 13.7. The van der Waals surface area contributed by atoms with E-state index in [0.717, 1.165) is 5.69 Å². The minimum Gasteiger partial charge on any atom is -0.330 e. The quantitative estimate of drug-likeness (QED) is 0.867. The van der Waals surface area contributed by atoms with E-state index in [1.165, 1.54) is 11.1 Å². The zero-order valence-electron chi connectivity index (χ0n) is 12.2. The Bertz CT molecular complexity index is 390. The predicted octanol–water partition coefficient (Wildman–Crippen LogP) is 3.64. The molecule has 1 rings (SSSR count). The Labute approximate surface area is 122 Å². The third-order valence-electron chi connectivity index (χ3n) is 3.01. The number of halogens is 1. The molecular formula is C15H25ClN2O. The predicted molar refractivity (Wildman–Crippen MR) is 84.2 cm³/mol. The molecule has 1 amide bonds. The van der Waals surface area contributed by atoms with Crippen LogP contribution in [0.3, 0.4) is 0 Å². The average Bonchev–Trinajstić information content (AvgIpc) is 2.28. The van der Waals surface area contributed by atoms with Crippen LogP contribution in [0.1, 0.15) is 57.1 Å². The summed E-state index contributed by atoms with van der Waals surface area (Å²) in [4.78, 5) is 11.8. The van der Waals surface area contributed by atoms with Gasteiger partial charge in [-0.2, -0.15) is 0 Å². The monoisotopic (exact) mass is 284 g/mol. The molecular weight excluding hydrogens is 260 g/mol. The molecule has 0 aliphatic rings. The molecule has 3 N–H and O–H groups in total. The first-order valence-electron chi connectivity index (χ1n) is 6.60. The van der Waals surface area contributed by atoms with Gasteiger partial charge < -0.3 is 11.1 Å². The molecule has 0 unspecified atom stereocenters. The number of nitrogens with one attached hydrogen (secondary N) is 1. The zero-order valence-corrected chi connectivity index (χ0v) is 13.0. The smallest absolute Gasteiger partial charge is 0.225 e. The summed E-state index contributed by atoms with van der Waals surface area (Å²) in [5.74, 6) is 0.765. The van der Waals surface area contributed by atoms with Crippen LogP contribution in [-0.2, 0) is 4.79 Å². The first kappa shape index (κ1) is 17.9. The summed E-state index contributed by atoms with van der Waals surface area (Å²) in [6, 6.07) is 6.21. The van der Waals surface area contributed by atoms with Gasteiger partial charge in [-0.15, -0.1) is 12.4 Å². The van der Waals surface area contributed by atoms with Crippen LogP contribution >= 0.6 is 12.4 Å². The number of rotatable bonds is 5. The Morgan fingerprint density at radius 3 is 2.00 bits per heavy atom. The highest BCUT2D eigenvalue weighted by Gasteiger charge is 2.15. The number of carbonyl (C=O) groups excluding carboxylic acids is 1. The van der Waals surface area contributed by atoms with Crippen molar-refractivity contribution in [3.8, 4) is 0 Å². The lowest BCUT2D eigenvalue weighted by Gasteiger charge is -2.20. The number of para-hydroxylation sites is 1. The van der Waals surface area contributed by atoms with E-state index in [1.807, 2.05) is 0 Å². The maximum absolute atomic E-state index is 11.8. The number of nitrogens with two attached hydrogens (primary N) is 1. The lowest BCUT2D eigenvalue weighted by Crippen LogP contribution is -2.18. The molecule has 108 valence electrons. The number of anilines is 1. The summed E-state index contributed by atoms with van der Waals surface area (Å²) < 4.78 is 0. The second-order valence-electron chi connectivity index (χ2n) is 5.21. The average molecular weight is 285 g/mol. The van der Waals surface area contributed by atoms with Crippen molar-refractivity contribution in [1.82, 2.24) is 0 Å². The lowest BCUT2D eigenvalue weighted by atomic mass is 9.92. The summed E-state index contributed by atoms with van der Waals surface area (Å²) in [5.41, 5.74) is 8.76. The first-order valence-corrected chi connectivity index (χ1v) is 6.60. The number of amides is 1. The molecule has 0 spiro atoms. The van der Waals surface area contributed by atoms with Crippen molar-refractivity contribution >= 4 is 24.0 Å². The maximum Gasteiger partial charge on any atom is 0.225 e. The molecule has 4 heteroatoms. The van der Waals surface area contributed by atoms with Gasteiger partial charge >= 0.3 is 0 Å². The van der Waals surface area contributed by atoms with Crippen molar-refractivity contribution in [2.45, 2.75) is 46.0 Å². The maximum atomic E-state index is 11.8. The van der Waals surface area contributed by atoms with Gasteiger partial charge in [-0.05, 0) is 23.0 Å². The molecule has 19 heavy (non-hydrogen) atoms. The Kier molecular flexibility index (Phi) is 7.72. The molecule has 1 aromatic carbocycles. The van der Waals surface area contributed by atoms with E-state index in [-0.39, 0.29) is 18.3 Å². The van der Waals surface area contributed by atoms with E-state index >= 15 is 0 Å². The van der Waals surface area contributed by atoms with E-state index in [0.29, 0.717) is 24.8 Å². The molecule has 0 aliphatic carbocycles. The normalized spacial score (nSPS) is 10.5. The van der Waals surface area contributed by atoms with Crippen LogP contribution in [0, 0.1) is 0 Å². The van der Waals surface area contributed by atoms with Gasteiger partial charge in [-0.25, -0.2) is 0 Å². The standard InChI is InChI=1S/C15H24N2O.ClH/c1-10(2)12-6-5-7-13(11(3)4)15(12)17-14(18)8-9-16;/h5-7,10-11H,8-9,16H2,1-4H3,(H,17,18);1H. The van der Waals surface area contributed by atoms with Gasteiger partial charge in [0.25, 0.3) is 0 Å². The number of benzene rings is 1. The van der Waals surface area contributed by atoms with Gasteiger partial charge in [0.05, 0.1) is 0 Å². The van der Waals surface area contributed by atoms with Gasteiger partial charge in [0.15, 0.2) is 0 Å². The molecule has 0 aliphatic heterocycles. The van der Waals surface area contributed by atoms with Crippen LogP contribution in [-0.4, -0.2) is 12.5 Å². The van der Waals surface area contributed by atoms with Crippen LogP contribution < -0.4 is 11.1 Å². The van der Waals surface area contributed by atoms with E-state index in [4.69, 9.17) is 5.73 Å². The second-order valence-corrected chi connectivity index (χ2v) is 5.21. The Morgan fingerprint density at radius 1 is 1.16 bits per heavy atom. The molecule has 0 saturated carbocycles. The SMILES string of the molecule is CC(C)c1cccc(C(C)C)c1NC(=O)CCN.Cl. The summed E-state index contributed by atoms with van der Waals surface area (Å²) in [7, 11) is 0. The molecule has 0 atom stereocenters. The Morgan fingerprint density at radius 2 is 1.63 bits per heavy atom. The third-order valence-corrected chi connectivity index (χ3v) is 3.01. The fourth-order valence-electron chi connectivity index (χ4n) is 2.03. The highest BCUT2D eigenvalue weighted by Crippen LogP contribution is 2.32. The van der Waals surface area contributed by atoms with Gasteiger partial charge in [-0.3, -0.25) is 4.79 Å². The number of hydrogen-bond donors (Lipinski definition) is 2. The van der Waals surface area contributed by atoms with E-state index < -0.39 is 0 Å². The van der Waals surface area contributed by atoms with Crippen molar-refractivity contribution in [3.05, 3.63) is 29.3 Å². The molecule has 3 nitrogen and oxygen atoms in total. The fraction of sp³-hybridized carbons (Fsp3) is 0.533. The highest BCUT2D eigenvalue weighted by molar-refractivity contribution is 5.92. The number of hydrogen-bond acceptors (Lipinski definition) is 2. The topological polar surface area (TPSA) is 55.1 Å². The Hall–Kier alpha value is -1.06. The molecule has 1 aromatic rings. The van der Waals surface area contributed by atoms with Crippen molar-refractivity contribution < 1.29 is 4.79 Å². The van der Waals surface area contributed by atoms with Crippen LogP contribution in [0.5, 0.6) is 0 Å². The Balaban J connectivity index is 0.00000324. The van der Waals surface area contributed by atoms with Crippen LogP contribution in [0.15, 0.2) is 18.2 Å².